The Kier molecular flexibility index (Phi) is 47.4. The van der Waals surface area contributed by atoms with Gasteiger partial charge in [-0.3, -0.25) is 4.79 Å². The normalized spacial score (nSPS) is 14.2. The first kappa shape index (κ1) is 58.5. The first-order valence-electron chi connectivity index (χ1n) is 26.4. The zero-order valence-electron chi connectivity index (χ0n) is 40.0. The van der Waals surface area contributed by atoms with Gasteiger partial charge in [-0.25, -0.2) is 0 Å². The number of carbonyl (C=O) groups excluding carboxylic acids is 1. The summed E-state index contributed by atoms with van der Waals surface area (Å²) in [5.74, 6) is -0.593. The maximum absolute atomic E-state index is 12.5. The molecule has 0 saturated heterocycles. The molecule has 6 nitrogen and oxygen atoms in total. The predicted molar refractivity (Wildman–Crippen MR) is 260 cm³/mol. The molecule has 354 valence electrons. The Morgan fingerprint density at radius 1 is 0.417 bits per heavy atom. The standard InChI is InChI=1S/C54H103NO5/c1-3-5-7-9-11-13-15-16-17-18-19-20-21-22-23-24-25-26-27-28-29-30-31-32-33-34-35-36-37-38-40-42-44-46-48-52(58)54(60)55-50(49-56)53(59)51(57)47-45-43-41-39-14-12-10-8-6-4-2/h21-22,24-25,39,41,50-53,56-59H,3-20,23,26-38,40,42-49H2,1-2H3,(H,55,60)/b22-21-,25-24-,41-39+. The molecule has 4 unspecified atom stereocenters. The number of amides is 1. The van der Waals surface area contributed by atoms with Gasteiger partial charge in [-0.2, -0.15) is 0 Å². The van der Waals surface area contributed by atoms with Crippen molar-refractivity contribution >= 4 is 5.91 Å². The molecule has 4 atom stereocenters. The van der Waals surface area contributed by atoms with E-state index in [1.54, 1.807) is 0 Å². The van der Waals surface area contributed by atoms with Crippen LogP contribution in [0.15, 0.2) is 36.5 Å². The van der Waals surface area contributed by atoms with Gasteiger partial charge in [-0.05, 0) is 70.6 Å². The van der Waals surface area contributed by atoms with Gasteiger partial charge in [0.15, 0.2) is 0 Å². The van der Waals surface area contributed by atoms with Gasteiger partial charge in [0.25, 0.3) is 0 Å². The Morgan fingerprint density at radius 3 is 1.10 bits per heavy atom. The first-order valence-corrected chi connectivity index (χ1v) is 26.4. The van der Waals surface area contributed by atoms with Crippen LogP contribution >= 0.6 is 0 Å². The molecule has 0 rings (SSSR count). The summed E-state index contributed by atoms with van der Waals surface area (Å²) in [4.78, 5) is 12.5. The molecule has 0 aromatic rings. The fourth-order valence-corrected chi connectivity index (χ4v) is 8.14. The Morgan fingerprint density at radius 2 is 0.733 bits per heavy atom. The molecule has 60 heavy (non-hydrogen) atoms. The SMILES string of the molecule is CCCCCCC/C=C/CCCC(O)C(O)C(CO)NC(=O)C(O)CCCCCCCCCCCCCCCCCC/C=C\C/C=C\CCCCCCCCCCCCC. The largest absolute Gasteiger partial charge is 0.394 e. The molecule has 0 aliphatic carbocycles. The van der Waals surface area contributed by atoms with Crippen LogP contribution in [0.25, 0.3) is 0 Å². The van der Waals surface area contributed by atoms with Gasteiger partial charge in [-0.1, -0.05) is 237 Å². The van der Waals surface area contributed by atoms with Crippen LogP contribution in [0.1, 0.15) is 271 Å². The monoisotopic (exact) mass is 846 g/mol. The highest BCUT2D eigenvalue weighted by atomic mass is 16.3. The van der Waals surface area contributed by atoms with E-state index in [-0.39, 0.29) is 0 Å². The van der Waals surface area contributed by atoms with Gasteiger partial charge in [0.2, 0.25) is 5.91 Å². The van der Waals surface area contributed by atoms with Crippen LogP contribution in [-0.4, -0.2) is 57.3 Å². The minimum atomic E-state index is -1.28. The van der Waals surface area contributed by atoms with E-state index in [0.29, 0.717) is 12.8 Å². The van der Waals surface area contributed by atoms with Crippen LogP contribution in [0.5, 0.6) is 0 Å². The second-order valence-corrected chi connectivity index (χ2v) is 18.2. The van der Waals surface area contributed by atoms with Crippen molar-refractivity contribution in [3.8, 4) is 0 Å². The molecule has 0 fully saturated rings. The quantitative estimate of drug-likeness (QED) is 0.0309. The van der Waals surface area contributed by atoms with Crippen molar-refractivity contribution in [1.29, 1.82) is 0 Å². The molecular formula is C54H103NO5. The highest BCUT2D eigenvalue weighted by Crippen LogP contribution is 2.17. The van der Waals surface area contributed by atoms with Crippen molar-refractivity contribution in [3.63, 3.8) is 0 Å². The topological polar surface area (TPSA) is 110 Å². The summed E-state index contributed by atoms with van der Waals surface area (Å²) in [7, 11) is 0. The number of carbonyl (C=O) groups is 1. The van der Waals surface area contributed by atoms with E-state index < -0.39 is 36.9 Å². The third kappa shape index (κ3) is 41.9. The van der Waals surface area contributed by atoms with E-state index >= 15 is 0 Å². The van der Waals surface area contributed by atoms with E-state index in [2.05, 4.69) is 55.6 Å². The van der Waals surface area contributed by atoms with Crippen LogP contribution in [0, 0.1) is 0 Å². The molecule has 0 bridgehead atoms. The Hall–Kier alpha value is -1.47. The summed E-state index contributed by atoms with van der Waals surface area (Å²) in [6, 6.07) is -1.000. The van der Waals surface area contributed by atoms with Gasteiger partial charge in [0.1, 0.15) is 12.2 Å². The molecule has 5 N–H and O–H groups in total. The lowest BCUT2D eigenvalue weighted by Crippen LogP contribution is -2.53. The summed E-state index contributed by atoms with van der Waals surface area (Å²) in [5.41, 5.74) is 0. The maximum Gasteiger partial charge on any atom is 0.249 e. The second-order valence-electron chi connectivity index (χ2n) is 18.2. The van der Waals surface area contributed by atoms with Crippen LogP contribution in [0.4, 0.5) is 0 Å². The number of allylic oxidation sites excluding steroid dienone is 6. The van der Waals surface area contributed by atoms with Gasteiger partial charge < -0.3 is 25.7 Å². The Bertz CT molecular complexity index is 950. The summed E-state index contributed by atoms with van der Waals surface area (Å²) < 4.78 is 0. The molecular weight excluding hydrogens is 743 g/mol. The van der Waals surface area contributed by atoms with Gasteiger partial charge in [-0.15, -0.1) is 0 Å². The molecule has 0 aliphatic heterocycles. The van der Waals surface area contributed by atoms with Crippen molar-refractivity contribution in [2.45, 2.75) is 295 Å². The summed E-state index contributed by atoms with van der Waals surface area (Å²) >= 11 is 0. The minimum absolute atomic E-state index is 0.364. The lowest BCUT2D eigenvalue weighted by molar-refractivity contribution is -0.132. The fraction of sp³-hybridized carbons (Fsp3) is 0.870. The zero-order valence-corrected chi connectivity index (χ0v) is 40.0. The number of nitrogens with one attached hydrogen (secondary N) is 1. The molecule has 0 aromatic heterocycles. The molecule has 6 heteroatoms. The summed E-state index contributed by atoms with van der Waals surface area (Å²) in [6.45, 7) is 4.02. The smallest absolute Gasteiger partial charge is 0.249 e. The third-order valence-electron chi connectivity index (χ3n) is 12.3. The summed E-state index contributed by atoms with van der Waals surface area (Å²) in [6.07, 6.45) is 59.5. The van der Waals surface area contributed by atoms with Gasteiger partial charge >= 0.3 is 0 Å². The maximum atomic E-state index is 12.5. The Labute approximate surface area is 373 Å². The van der Waals surface area contributed by atoms with Crippen LogP contribution < -0.4 is 5.32 Å². The van der Waals surface area contributed by atoms with E-state index in [9.17, 15) is 25.2 Å². The van der Waals surface area contributed by atoms with Crippen molar-refractivity contribution in [1.82, 2.24) is 5.32 Å². The molecule has 0 radical (unpaired) electrons. The fourth-order valence-electron chi connectivity index (χ4n) is 8.14. The molecule has 0 heterocycles. The average molecular weight is 846 g/mol. The summed E-state index contributed by atoms with van der Waals surface area (Å²) in [5, 5.41) is 43.6. The molecule has 0 saturated carbocycles. The molecule has 0 aliphatic rings. The van der Waals surface area contributed by atoms with E-state index in [1.165, 1.54) is 199 Å². The molecule has 1 amide bonds. The zero-order chi connectivity index (χ0) is 43.8. The van der Waals surface area contributed by atoms with E-state index in [1.807, 2.05) is 0 Å². The molecule has 0 spiro atoms. The van der Waals surface area contributed by atoms with Crippen molar-refractivity contribution in [2.24, 2.45) is 0 Å². The number of hydrogen-bond donors (Lipinski definition) is 5. The third-order valence-corrected chi connectivity index (χ3v) is 12.3. The number of aliphatic hydroxyl groups excluding tert-OH is 4. The lowest BCUT2D eigenvalue weighted by Gasteiger charge is -2.27. The second kappa shape index (κ2) is 48.6. The average Bonchev–Trinajstić information content (AvgIpc) is 3.25. The highest BCUT2D eigenvalue weighted by Gasteiger charge is 2.28. The van der Waals surface area contributed by atoms with Gasteiger partial charge in [0.05, 0.1) is 18.8 Å². The predicted octanol–water partition coefficient (Wildman–Crippen LogP) is 14.9. The number of hydrogen-bond acceptors (Lipinski definition) is 5. The van der Waals surface area contributed by atoms with Crippen LogP contribution in [0.3, 0.4) is 0 Å². The minimum Gasteiger partial charge on any atom is -0.394 e. The number of unbranched alkanes of at least 4 members (excludes halogenated alkanes) is 33. The van der Waals surface area contributed by atoms with E-state index in [4.69, 9.17) is 0 Å². The lowest BCUT2D eigenvalue weighted by atomic mass is 10.00. The number of aliphatic hydroxyl groups is 4. The van der Waals surface area contributed by atoms with Crippen LogP contribution in [-0.2, 0) is 4.79 Å². The highest BCUT2D eigenvalue weighted by molar-refractivity contribution is 5.80. The van der Waals surface area contributed by atoms with Crippen molar-refractivity contribution in [3.05, 3.63) is 36.5 Å². The molecule has 0 aromatic carbocycles. The van der Waals surface area contributed by atoms with E-state index in [0.717, 1.165) is 44.9 Å². The van der Waals surface area contributed by atoms with Gasteiger partial charge in [0, 0.05) is 0 Å². The van der Waals surface area contributed by atoms with Crippen molar-refractivity contribution < 1.29 is 25.2 Å². The van der Waals surface area contributed by atoms with Crippen molar-refractivity contribution in [2.75, 3.05) is 6.61 Å². The first-order chi connectivity index (χ1) is 29.5. The number of rotatable bonds is 48. The Balaban J connectivity index is 3.55. The van der Waals surface area contributed by atoms with Crippen LogP contribution in [0.2, 0.25) is 0 Å².